The number of hydrogen-bond donors (Lipinski definition) is 0. The van der Waals surface area contributed by atoms with Crippen LogP contribution < -0.4 is 0 Å². The van der Waals surface area contributed by atoms with Crippen LogP contribution in [0.2, 0.25) is 0 Å². The molecule has 3 heteroatoms. The first-order valence-electron chi connectivity index (χ1n) is 14.5. The number of esters is 1. The zero-order valence-corrected chi connectivity index (χ0v) is 21.9. The Labute approximate surface area is 204 Å². The molecule has 0 spiro atoms. The Morgan fingerprint density at radius 2 is 1.00 bits per heavy atom. The number of rotatable bonds is 6. The van der Waals surface area contributed by atoms with Gasteiger partial charge in [0.15, 0.2) is 0 Å². The molecule has 4 fully saturated rings. The highest BCUT2D eigenvalue weighted by molar-refractivity contribution is 5.87. The molecule has 0 bridgehead atoms. The highest BCUT2D eigenvalue weighted by Crippen LogP contribution is 2.43. The number of nitrogens with zero attached hydrogens (tertiary/aromatic N) is 1. The summed E-state index contributed by atoms with van der Waals surface area (Å²) in [5, 5.41) is 0. The van der Waals surface area contributed by atoms with Crippen molar-refractivity contribution in [2.24, 2.45) is 23.7 Å². The van der Waals surface area contributed by atoms with Crippen LogP contribution in [0.1, 0.15) is 124 Å². The molecule has 0 saturated heterocycles. The molecule has 3 nitrogen and oxygen atoms in total. The van der Waals surface area contributed by atoms with Crippen LogP contribution in [0.15, 0.2) is 12.2 Å². The molecule has 0 N–H and O–H groups in total. The molecule has 0 aromatic heterocycles. The minimum atomic E-state index is -0.201. The lowest BCUT2D eigenvalue weighted by Gasteiger charge is -2.50. The fourth-order valence-corrected chi connectivity index (χ4v) is 7.78. The summed E-state index contributed by atoms with van der Waals surface area (Å²) in [5.41, 5.74) is 0.528. The lowest BCUT2D eigenvalue weighted by molar-refractivity contribution is -0.146. The van der Waals surface area contributed by atoms with Crippen molar-refractivity contribution in [1.29, 1.82) is 0 Å². The van der Waals surface area contributed by atoms with Gasteiger partial charge in [-0.15, -0.1) is 0 Å². The fraction of sp³-hybridized carbons (Fsp3) is 0.900. The van der Waals surface area contributed by atoms with Crippen LogP contribution in [0, 0.1) is 23.7 Å². The molecule has 0 amide bonds. The van der Waals surface area contributed by atoms with Gasteiger partial charge in [-0.25, -0.2) is 4.79 Å². The van der Waals surface area contributed by atoms with Gasteiger partial charge in [-0.05, 0) is 133 Å². The monoisotopic (exact) mass is 457 g/mol. The molecule has 4 saturated carbocycles. The van der Waals surface area contributed by atoms with Gasteiger partial charge in [0.2, 0.25) is 0 Å². The van der Waals surface area contributed by atoms with Crippen molar-refractivity contribution in [2.45, 2.75) is 148 Å². The van der Waals surface area contributed by atoms with Crippen LogP contribution in [-0.4, -0.2) is 35.1 Å². The summed E-state index contributed by atoms with van der Waals surface area (Å²) in [5.74, 6) is 3.43. The average Bonchev–Trinajstić information content (AvgIpc) is 2.82. The second-order valence-corrected chi connectivity index (χ2v) is 12.6. The van der Waals surface area contributed by atoms with Crippen LogP contribution in [0.25, 0.3) is 0 Å². The van der Waals surface area contributed by atoms with Crippen molar-refractivity contribution in [3.05, 3.63) is 12.2 Å². The molecule has 0 unspecified atom stereocenters. The molecule has 0 aliphatic heterocycles. The zero-order valence-electron chi connectivity index (χ0n) is 21.9. The van der Waals surface area contributed by atoms with Crippen molar-refractivity contribution in [1.82, 2.24) is 4.90 Å². The third-order valence-electron chi connectivity index (χ3n) is 9.98. The minimum Gasteiger partial charge on any atom is -0.459 e. The maximum absolute atomic E-state index is 11.9. The summed E-state index contributed by atoms with van der Waals surface area (Å²) >= 11 is 0. The molecule has 4 rings (SSSR count). The van der Waals surface area contributed by atoms with Crippen molar-refractivity contribution in [2.75, 3.05) is 0 Å². The van der Waals surface area contributed by atoms with E-state index in [-0.39, 0.29) is 12.1 Å². The molecule has 33 heavy (non-hydrogen) atoms. The summed E-state index contributed by atoms with van der Waals surface area (Å²) in [4.78, 5) is 15.0. The van der Waals surface area contributed by atoms with Crippen LogP contribution in [-0.2, 0) is 9.53 Å². The first-order chi connectivity index (χ1) is 15.9. The van der Waals surface area contributed by atoms with Crippen molar-refractivity contribution >= 4 is 5.97 Å². The van der Waals surface area contributed by atoms with E-state index in [9.17, 15) is 4.79 Å². The van der Waals surface area contributed by atoms with E-state index in [0.717, 1.165) is 54.6 Å². The minimum absolute atomic E-state index is 0.125. The van der Waals surface area contributed by atoms with E-state index in [1.165, 1.54) is 89.9 Å². The van der Waals surface area contributed by atoms with Gasteiger partial charge in [0, 0.05) is 23.7 Å². The first kappa shape index (κ1) is 25.3. The van der Waals surface area contributed by atoms with E-state index >= 15 is 0 Å². The summed E-state index contributed by atoms with van der Waals surface area (Å²) < 4.78 is 5.64. The van der Waals surface area contributed by atoms with Gasteiger partial charge in [0.25, 0.3) is 0 Å². The molecule has 4 aliphatic rings. The number of carbonyl (C=O) groups excluding carboxylic acids is 1. The lowest BCUT2D eigenvalue weighted by Crippen LogP contribution is -2.52. The Balaban J connectivity index is 1.29. The van der Waals surface area contributed by atoms with E-state index in [4.69, 9.17) is 4.74 Å². The van der Waals surface area contributed by atoms with Gasteiger partial charge in [-0.3, -0.25) is 4.90 Å². The van der Waals surface area contributed by atoms with Gasteiger partial charge in [0.1, 0.15) is 6.10 Å². The van der Waals surface area contributed by atoms with Crippen LogP contribution >= 0.6 is 0 Å². The van der Waals surface area contributed by atoms with Crippen LogP contribution in [0.5, 0.6) is 0 Å². The second-order valence-electron chi connectivity index (χ2n) is 12.6. The SMILES string of the molecule is C=C(C)C(=O)OC1CCC(C2CCC(N(C3CCC(C)CC3)C3CCC(C)CC3)CC2)CC1. The lowest BCUT2D eigenvalue weighted by atomic mass is 9.71. The predicted molar refractivity (Wildman–Crippen MR) is 137 cm³/mol. The number of hydrogen-bond acceptors (Lipinski definition) is 3. The molecule has 0 heterocycles. The van der Waals surface area contributed by atoms with Gasteiger partial charge in [-0.2, -0.15) is 0 Å². The van der Waals surface area contributed by atoms with E-state index in [1.807, 2.05) is 0 Å². The largest absolute Gasteiger partial charge is 0.459 e. The van der Waals surface area contributed by atoms with E-state index in [1.54, 1.807) is 6.92 Å². The second kappa shape index (κ2) is 11.7. The van der Waals surface area contributed by atoms with Gasteiger partial charge >= 0.3 is 5.97 Å². The van der Waals surface area contributed by atoms with Crippen molar-refractivity contribution in [3.8, 4) is 0 Å². The van der Waals surface area contributed by atoms with Gasteiger partial charge < -0.3 is 4.74 Å². The molecule has 4 aliphatic carbocycles. The van der Waals surface area contributed by atoms with Crippen molar-refractivity contribution in [3.63, 3.8) is 0 Å². The molecule has 0 aromatic rings. The molecular weight excluding hydrogens is 406 g/mol. The highest BCUT2D eigenvalue weighted by atomic mass is 16.5. The Hall–Kier alpha value is -0.830. The van der Waals surface area contributed by atoms with E-state index < -0.39 is 0 Å². The fourth-order valence-electron chi connectivity index (χ4n) is 7.78. The van der Waals surface area contributed by atoms with E-state index in [2.05, 4.69) is 25.3 Å². The normalized spacial score (nSPS) is 40.4. The smallest absolute Gasteiger partial charge is 0.333 e. The number of carbonyl (C=O) groups is 1. The topological polar surface area (TPSA) is 29.5 Å². The third kappa shape index (κ3) is 6.65. The van der Waals surface area contributed by atoms with Crippen LogP contribution in [0.3, 0.4) is 0 Å². The Morgan fingerprint density at radius 1 is 0.636 bits per heavy atom. The third-order valence-corrected chi connectivity index (χ3v) is 9.98. The van der Waals surface area contributed by atoms with Crippen molar-refractivity contribution < 1.29 is 9.53 Å². The molecule has 0 aromatic carbocycles. The molecule has 0 radical (unpaired) electrons. The summed E-state index contributed by atoms with van der Waals surface area (Å²) in [6.07, 6.45) is 22.0. The van der Waals surface area contributed by atoms with E-state index in [0.29, 0.717) is 5.57 Å². The molecule has 188 valence electrons. The first-order valence-corrected chi connectivity index (χ1v) is 14.5. The van der Waals surface area contributed by atoms with Gasteiger partial charge in [0.05, 0.1) is 0 Å². The Morgan fingerprint density at radius 3 is 1.39 bits per heavy atom. The standard InChI is InChI=1S/C30H51NO2/c1-21(2)30(32)33-29-19-11-25(12-20-29)24-9-17-28(18-10-24)31(26-13-5-22(3)6-14-26)27-15-7-23(4)8-16-27/h22-29H,1,5-20H2,2-4H3. The Bertz CT molecular complexity index is 606. The maximum atomic E-state index is 11.9. The van der Waals surface area contributed by atoms with Crippen LogP contribution in [0.4, 0.5) is 0 Å². The predicted octanol–water partition coefficient (Wildman–Crippen LogP) is 7.68. The maximum Gasteiger partial charge on any atom is 0.333 e. The number of ether oxygens (including phenoxy) is 1. The average molecular weight is 458 g/mol. The van der Waals surface area contributed by atoms with Gasteiger partial charge in [-0.1, -0.05) is 20.4 Å². The quantitative estimate of drug-likeness (QED) is 0.302. The zero-order chi connectivity index (χ0) is 23.4. The molecule has 0 atom stereocenters. The Kier molecular flexibility index (Phi) is 8.99. The summed E-state index contributed by atoms with van der Waals surface area (Å²) in [7, 11) is 0. The highest BCUT2D eigenvalue weighted by Gasteiger charge is 2.39. The molecular formula is C30H51NO2. The summed E-state index contributed by atoms with van der Waals surface area (Å²) in [6, 6.07) is 2.56. The summed E-state index contributed by atoms with van der Waals surface area (Å²) in [6.45, 7) is 10.4.